The summed E-state index contributed by atoms with van der Waals surface area (Å²) in [5, 5.41) is 16.9. The number of nitrogens with zero attached hydrogens (tertiary/aromatic N) is 1. The number of esters is 1. The van der Waals surface area contributed by atoms with E-state index in [4.69, 9.17) is 4.74 Å². The summed E-state index contributed by atoms with van der Waals surface area (Å²) < 4.78 is 5.99. The number of halogens is 1. The fourth-order valence-corrected chi connectivity index (χ4v) is 3.78. The van der Waals surface area contributed by atoms with Gasteiger partial charge in [-0.3, -0.25) is 19.7 Å². The van der Waals surface area contributed by atoms with Gasteiger partial charge in [-0.2, -0.15) is 0 Å². The van der Waals surface area contributed by atoms with E-state index in [9.17, 15) is 19.7 Å². The lowest BCUT2D eigenvalue weighted by molar-refractivity contribution is -0.385. The Bertz CT molecular complexity index is 718. The first-order chi connectivity index (χ1) is 11.9. The minimum atomic E-state index is -0.596. The van der Waals surface area contributed by atoms with Crippen LogP contribution in [0.2, 0.25) is 0 Å². The first-order valence-corrected chi connectivity index (χ1v) is 8.84. The third-order valence-electron chi connectivity index (χ3n) is 4.78. The Hall–Kier alpha value is -2.00. The number of hydrogen-bond donors (Lipinski definition) is 2. The third-order valence-corrected chi connectivity index (χ3v) is 5.27. The van der Waals surface area contributed by atoms with Crippen LogP contribution in [0.15, 0.2) is 22.7 Å². The molecule has 1 atom stereocenters. The minimum absolute atomic E-state index is 0.0275. The summed E-state index contributed by atoms with van der Waals surface area (Å²) in [6, 6.07) is 4.19. The number of hydrogen-bond acceptors (Lipinski definition) is 6. The van der Waals surface area contributed by atoms with Crippen LogP contribution in [0.4, 0.5) is 5.69 Å². The second kappa shape index (κ2) is 7.09. The molecule has 1 amide bonds. The highest BCUT2D eigenvalue weighted by Crippen LogP contribution is 2.41. The summed E-state index contributed by atoms with van der Waals surface area (Å²) in [6.07, 6.45) is 1.62. The molecule has 0 aliphatic carbocycles. The molecule has 2 aliphatic heterocycles. The van der Waals surface area contributed by atoms with Gasteiger partial charge in [0.25, 0.3) is 11.6 Å². The number of amides is 1. The summed E-state index contributed by atoms with van der Waals surface area (Å²) in [5.74, 6) is -0.767. The molecule has 0 saturated carbocycles. The first-order valence-electron chi connectivity index (χ1n) is 8.05. The van der Waals surface area contributed by atoms with Crippen LogP contribution in [-0.2, 0) is 9.53 Å². The van der Waals surface area contributed by atoms with E-state index in [0.29, 0.717) is 10.9 Å². The average Bonchev–Trinajstić information content (AvgIpc) is 2.88. The van der Waals surface area contributed by atoms with Crippen LogP contribution < -0.4 is 10.6 Å². The number of carbonyl (C=O) groups excluding carboxylic acids is 2. The number of cyclic esters (lactones) is 1. The fourth-order valence-electron chi connectivity index (χ4n) is 3.42. The van der Waals surface area contributed by atoms with Crippen molar-refractivity contribution in [1.82, 2.24) is 10.6 Å². The molecular weight excluding hydrogens is 394 g/mol. The Kier molecular flexibility index (Phi) is 5.05. The summed E-state index contributed by atoms with van der Waals surface area (Å²) in [7, 11) is 0. The van der Waals surface area contributed by atoms with Crippen molar-refractivity contribution < 1.29 is 19.2 Å². The molecule has 1 aromatic rings. The Morgan fingerprint density at radius 2 is 2.16 bits per heavy atom. The van der Waals surface area contributed by atoms with Gasteiger partial charge in [0.2, 0.25) is 0 Å². The molecular formula is C16H18BrN3O5. The highest BCUT2D eigenvalue weighted by molar-refractivity contribution is 9.10. The maximum Gasteiger partial charge on any atom is 0.312 e. The molecule has 1 aromatic carbocycles. The van der Waals surface area contributed by atoms with Crippen LogP contribution >= 0.6 is 15.9 Å². The second-order valence-electron chi connectivity index (χ2n) is 6.39. The lowest BCUT2D eigenvalue weighted by Crippen LogP contribution is -2.39. The lowest BCUT2D eigenvalue weighted by Gasteiger charge is -2.29. The molecule has 1 unspecified atom stereocenters. The van der Waals surface area contributed by atoms with Gasteiger partial charge in [-0.05, 0) is 38.1 Å². The number of ether oxygens (including phenoxy) is 1. The van der Waals surface area contributed by atoms with Gasteiger partial charge < -0.3 is 15.4 Å². The van der Waals surface area contributed by atoms with Crippen LogP contribution in [0.1, 0.15) is 29.6 Å². The van der Waals surface area contributed by atoms with E-state index >= 15 is 0 Å². The van der Waals surface area contributed by atoms with Crippen molar-refractivity contribution in [2.45, 2.75) is 25.4 Å². The van der Waals surface area contributed by atoms with Crippen LogP contribution in [0.25, 0.3) is 0 Å². The molecule has 134 valence electrons. The minimum Gasteiger partial charge on any atom is -0.460 e. The van der Waals surface area contributed by atoms with Crippen molar-refractivity contribution in [2.75, 3.05) is 19.6 Å². The zero-order chi connectivity index (χ0) is 18.0. The highest BCUT2D eigenvalue weighted by Gasteiger charge is 2.49. The third kappa shape index (κ3) is 3.67. The van der Waals surface area contributed by atoms with Crippen LogP contribution in [0.3, 0.4) is 0 Å². The zero-order valence-corrected chi connectivity index (χ0v) is 15.0. The van der Waals surface area contributed by atoms with E-state index in [1.165, 1.54) is 18.2 Å². The number of nitro benzene ring substituents is 1. The van der Waals surface area contributed by atoms with Crippen molar-refractivity contribution in [2.24, 2.45) is 5.41 Å². The van der Waals surface area contributed by atoms with Crippen molar-refractivity contribution in [1.29, 1.82) is 0 Å². The summed E-state index contributed by atoms with van der Waals surface area (Å²) in [5.41, 5.74) is -0.748. The lowest BCUT2D eigenvalue weighted by atomic mass is 9.76. The largest absolute Gasteiger partial charge is 0.460 e. The Morgan fingerprint density at radius 1 is 1.44 bits per heavy atom. The number of carbonyl (C=O) groups is 2. The topological polar surface area (TPSA) is 111 Å². The first kappa shape index (κ1) is 17.8. The zero-order valence-electron chi connectivity index (χ0n) is 13.4. The van der Waals surface area contributed by atoms with E-state index in [-0.39, 0.29) is 23.8 Å². The molecule has 2 fully saturated rings. The maximum atomic E-state index is 12.3. The van der Waals surface area contributed by atoms with Crippen molar-refractivity contribution in [3.8, 4) is 0 Å². The summed E-state index contributed by atoms with van der Waals surface area (Å²) >= 11 is 3.21. The molecule has 0 aromatic heterocycles. The van der Waals surface area contributed by atoms with Crippen LogP contribution in [-0.4, -0.2) is 42.5 Å². The smallest absolute Gasteiger partial charge is 0.312 e. The van der Waals surface area contributed by atoms with Gasteiger partial charge in [0.15, 0.2) is 0 Å². The van der Waals surface area contributed by atoms with Crippen molar-refractivity contribution in [3.63, 3.8) is 0 Å². The monoisotopic (exact) mass is 411 g/mol. The fraction of sp³-hybridized carbons (Fsp3) is 0.500. The quantitative estimate of drug-likeness (QED) is 0.443. The van der Waals surface area contributed by atoms with Gasteiger partial charge in [-0.1, -0.05) is 15.9 Å². The molecule has 2 saturated heterocycles. The highest BCUT2D eigenvalue weighted by atomic mass is 79.9. The van der Waals surface area contributed by atoms with Gasteiger partial charge >= 0.3 is 5.97 Å². The standard InChI is InChI=1S/C16H18BrN3O5/c17-10-1-2-13(20(23)24)12(7-10)14(21)19-9-11-8-16(15(22)25-11)3-5-18-6-4-16/h1-2,7,11,18H,3-6,8-9H2,(H,19,21). The predicted molar refractivity (Wildman–Crippen MR) is 92.2 cm³/mol. The van der Waals surface area contributed by atoms with E-state index in [1.54, 1.807) is 0 Å². The Balaban J connectivity index is 1.65. The number of piperidine rings is 1. The van der Waals surface area contributed by atoms with E-state index in [1.807, 2.05) is 0 Å². The van der Waals surface area contributed by atoms with Crippen molar-refractivity contribution >= 4 is 33.5 Å². The van der Waals surface area contributed by atoms with E-state index in [2.05, 4.69) is 26.6 Å². The number of nitrogens with one attached hydrogen (secondary N) is 2. The predicted octanol–water partition coefficient (Wildman–Crippen LogP) is 1.77. The SMILES string of the molecule is O=C(NCC1CC2(CCNCC2)C(=O)O1)c1cc(Br)ccc1[N+](=O)[O-]. The molecule has 0 bridgehead atoms. The van der Waals surface area contributed by atoms with E-state index < -0.39 is 22.3 Å². The molecule has 2 heterocycles. The normalized spacial score (nSPS) is 21.8. The average molecular weight is 412 g/mol. The van der Waals surface area contributed by atoms with Gasteiger partial charge in [0.1, 0.15) is 11.7 Å². The molecule has 0 radical (unpaired) electrons. The van der Waals surface area contributed by atoms with Gasteiger partial charge in [0, 0.05) is 17.0 Å². The molecule has 1 spiro atoms. The molecule has 25 heavy (non-hydrogen) atoms. The molecule has 9 heteroatoms. The Morgan fingerprint density at radius 3 is 2.84 bits per heavy atom. The van der Waals surface area contributed by atoms with Crippen LogP contribution in [0, 0.1) is 15.5 Å². The maximum absolute atomic E-state index is 12.3. The molecule has 8 nitrogen and oxygen atoms in total. The summed E-state index contributed by atoms with van der Waals surface area (Å²) in [4.78, 5) is 35.0. The summed E-state index contributed by atoms with van der Waals surface area (Å²) in [6.45, 7) is 1.69. The van der Waals surface area contributed by atoms with Gasteiger partial charge in [0.05, 0.1) is 16.9 Å². The second-order valence-corrected chi connectivity index (χ2v) is 7.31. The number of nitro groups is 1. The molecule has 2 N–H and O–H groups in total. The molecule has 2 aliphatic rings. The van der Waals surface area contributed by atoms with Crippen LogP contribution in [0.5, 0.6) is 0 Å². The number of benzene rings is 1. The van der Waals surface area contributed by atoms with Gasteiger partial charge in [-0.15, -0.1) is 0 Å². The molecule has 3 rings (SSSR count). The van der Waals surface area contributed by atoms with Gasteiger partial charge in [-0.25, -0.2) is 0 Å². The Labute approximate surface area is 152 Å². The van der Waals surface area contributed by atoms with Crippen molar-refractivity contribution in [3.05, 3.63) is 38.3 Å². The van der Waals surface area contributed by atoms with E-state index in [0.717, 1.165) is 25.9 Å². The number of rotatable bonds is 4.